The van der Waals surface area contributed by atoms with Crippen molar-refractivity contribution in [3.05, 3.63) is 83.4 Å². The SMILES string of the molecule is COc1cccc(CC(=O)N2CCN(C3=Nc4ccccc4Oc4ccc(C)cc43)CC2)c1. The van der Waals surface area contributed by atoms with E-state index in [0.717, 1.165) is 58.6 Å². The van der Waals surface area contributed by atoms with E-state index in [1.165, 1.54) is 0 Å². The highest BCUT2D eigenvalue weighted by Gasteiger charge is 2.27. The molecule has 3 aromatic rings. The molecule has 2 aliphatic rings. The van der Waals surface area contributed by atoms with Crippen LogP contribution >= 0.6 is 0 Å². The highest BCUT2D eigenvalue weighted by atomic mass is 16.5. The van der Waals surface area contributed by atoms with Crippen LogP contribution in [0, 0.1) is 6.92 Å². The van der Waals surface area contributed by atoms with Crippen LogP contribution in [-0.2, 0) is 11.2 Å². The summed E-state index contributed by atoms with van der Waals surface area (Å²) in [6.45, 7) is 4.83. The Balaban J connectivity index is 1.34. The maximum atomic E-state index is 12.9. The Morgan fingerprint density at radius 1 is 0.970 bits per heavy atom. The molecule has 168 valence electrons. The lowest BCUT2D eigenvalue weighted by Gasteiger charge is -2.36. The fourth-order valence-corrected chi connectivity index (χ4v) is 4.31. The van der Waals surface area contributed by atoms with Crippen molar-refractivity contribution in [3.63, 3.8) is 0 Å². The summed E-state index contributed by atoms with van der Waals surface area (Å²) in [5.74, 6) is 3.37. The maximum absolute atomic E-state index is 12.9. The molecule has 0 radical (unpaired) electrons. The molecular weight excluding hydrogens is 414 g/mol. The largest absolute Gasteiger partial charge is 0.497 e. The number of aliphatic imine (C=N–C) groups is 1. The fraction of sp³-hybridized carbons (Fsp3) is 0.259. The standard InChI is InChI=1S/C27H27N3O3/c1-19-10-11-24-22(16-19)27(28-23-8-3-4-9-25(23)33-24)30-14-12-29(13-15-30)26(31)18-20-6-5-7-21(17-20)32-2/h3-11,16-17H,12-15,18H2,1-2H3. The first-order valence-electron chi connectivity index (χ1n) is 11.2. The van der Waals surface area contributed by atoms with Crippen LogP contribution in [0.5, 0.6) is 17.2 Å². The van der Waals surface area contributed by atoms with Gasteiger partial charge in [0, 0.05) is 26.2 Å². The van der Waals surface area contributed by atoms with Crippen molar-refractivity contribution in [2.45, 2.75) is 13.3 Å². The summed E-state index contributed by atoms with van der Waals surface area (Å²) in [7, 11) is 1.64. The van der Waals surface area contributed by atoms with Crippen LogP contribution in [0.1, 0.15) is 16.7 Å². The van der Waals surface area contributed by atoms with Crippen LogP contribution < -0.4 is 9.47 Å². The lowest BCUT2D eigenvalue weighted by molar-refractivity contribution is -0.131. The van der Waals surface area contributed by atoms with E-state index < -0.39 is 0 Å². The van der Waals surface area contributed by atoms with E-state index in [0.29, 0.717) is 19.5 Å². The van der Waals surface area contributed by atoms with Gasteiger partial charge in [-0.2, -0.15) is 0 Å². The first kappa shape index (κ1) is 21.1. The molecule has 6 nitrogen and oxygen atoms in total. The van der Waals surface area contributed by atoms with E-state index in [1.54, 1.807) is 7.11 Å². The maximum Gasteiger partial charge on any atom is 0.227 e. The van der Waals surface area contributed by atoms with Crippen LogP contribution in [0.4, 0.5) is 5.69 Å². The van der Waals surface area contributed by atoms with E-state index in [2.05, 4.69) is 24.0 Å². The summed E-state index contributed by atoms with van der Waals surface area (Å²) in [5, 5.41) is 0. The molecule has 5 rings (SSSR count). The number of rotatable bonds is 3. The highest BCUT2D eigenvalue weighted by molar-refractivity contribution is 6.04. The molecular formula is C27H27N3O3. The van der Waals surface area contributed by atoms with Gasteiger partial charge >= 0.3 is 0 Å². The molecule has 3 aromatic carbocycles. The molecule has 0 aliphatic carbocycles. The van der Waals surface area contributed by atoms with Gasteiger partial charge in [-0.3, -0.25) is 4.79 Å². The number of para-hydroxylation sites is 2. The zero-order valence-corrected chi connectivity index (χ0v) is 19.0. The molecule has 33 heavy (non-hydrogen) atoms. The van der Waals surface area contributed by atoms with E-state index in [4.69, 9.17) is 14.5 Å². The third-order valence-corrected chi connectivity index (χ3v) is 6.11. The van der Waals surface area contributed by atoms with Crippen LogP contribution in [0.25, 0.3) is 0 Å². The Bertz CT molecular complexity index is 1210. The molecule has 0 saturated carbocycles. The zero-order chi connectivity index (χ0) is 22.8. The Morgan fingerprint density at radius 2 is 1.79 bits per heavy atom. The first-order valence-corrected chi connectivity index (χ1v) is 11.2. The van der Waals surface area contributed by atoms with Gasteiger partial charge in [0.2, 0.25) is 5.91 Å². The lowest BCUT2D eigenvalue weighted by atomic mass is 10.1. The van der Waals surface area contributed by atoms with Crippen molar-refractivity contribution < 1.29 is 14.3 Å². The number of nitrogens with zero attached hydrogens (tertiary/aromatic N) is 3. The van der Waals surface area contributed by atoms with Gasteiger partial charge in [0.15, 0.2) is 5.75 Å². The van der Waals surface area contributed by atoms with Crippen molar-refractivity contribution in [2.24, 2.45) is 4.99 Å². The smallest absolute Gasteiger partial charge is 0.227 e. The molecule has 2 aliphatic heterocycles. The summed E-state index contributed by atoms with van der Waals surface area (Å²) in [6, 6.07) is 21.7. The number of amidine groups is 1. The molecule has 0 bridgehead atoms. The molecule has 6 heteroatoms. The number of carbonyl (C=O) groups is 1. The summed E-state index contributed by atoms with van der Waals surface area (Å²) in [5.41, 5.74) is 3.93. The number of carbonyl (C=O) groups excluding carboxylic acids is 1. The third kappa shape index (κ3) is 4.42. The summed E-state index contributed by atoms with van der Waals surface area (Å²) < 4.78 is 11.5. The summed E-state index contributed by atoms with van der Waals surface area (Å²) in [4.78, 5) is 22.1. The number of aryl methyl sites for hydroxylation is 1. The van der Waals surface area contributed by atoms with E-state index in [9.17, 15) is 4.79 Å². The van der Waals surface area contributed by atoms with Gasteiger partial charge in [-0.15, -0.1) is 0 Å². The van der Waals surface area contributed by atoms with Crippen LogP contribution in [0.15, 0.2) is 71.7 Å². The van der Waals surface area contributed by atoms with Gasteiger partial charge in [-0.25, -0.2) is 4.99 Å². The molecule has 1 saturated heterocycles. The van der Waals surface area contributed by atoms with Crippen molar-refractivity contribution in [1.82, 2.24) is 9.80 Å². The quantitative estimate of drug-likeness (QED) is 0.597. The van der Waals surface area contributed by atoms with Crippen LogP contribution in [0.3, 0.4) is 0 Å². The second-order valence-corrected chi connectivity index (χ2v) is 8.40. The summed E-state index contributed by atoms with van der Waals surface area (Å²) >= 11 is 0. The second-order valence-electron chi connectivity index (χ2n) is 8.40. The van der Waals surface area contributed by atoms with Crippen molar-refractivity contribution in [1.29, 1.82) is 0 Å². The second kappa shape index (κ2) is 8.98. The van der Waals surface area contributed by atoms with Crippen molar-refractivity contribution in [3.8, 4) is 17.2 Å². The molecule has 1 amide bonds. The number of amides is 1. The minimum Gasteiger partial charge on any atom is -0.497 e. The average molecular weight is 442 g/mol. The Hall–Kier alpha value is -3.80. The van der Waals surface area contributed by atoms with Crippen molar-refractivity contribution >= 4 is 17.4 Å². The van der Waals surface area contributed by atoms with Gasteiger partial charge in [0.05, 0.1) is 19.1 Å². The van der Waals surface area contributed by atoms with E-state index in [-0.39, 0.29) is 5.91 Å². The number of hydrogen-bond donors (Lipinski definition) is 0. The molecule has 0 unspecified atom stereocenters. The minimum atomic E-state index is 0.135. The molecule has 0 spiro atoms. The minimum absolute atomic E-state index is 0.135. The zero-order valence-electron chi connectivity index (χ0n) is 19.0. The number of ether oxygens (including phenoxy) is 2. The normalized spacial score (nSPS) is 15.0. The number of fused-ring (bicyclic) bond motifs is 2. The first-order chi connectivity index (χ1) is 16.1. The molecule has 1 fully saturated rings. The summed E-state index contributed by atoms with van der Waals surface area (Å²) in [6.07, 6.45) is 0.376. The molecule has 0 atom stereocenters. The predicted molar refractivity (Wildman–Crippen MR) is 129 cm³/mol. The van der Waals surface area contributed by atoms with E-state index >= 15 is 0 Å². The number of benzene rings is 3. The number of piperazine rings is 1. The van der Waals surface area contributed by atoms with Gasteiger partial charge < -0.3 is 19.3 Å². The number of methoxy groups -OCH3 is 1. The number of hydrogen-bond acceptors (Lipinski definition) is 5. The lowest BCUT2D eigenvalue weighted by Crippen LogP contribution is -2.51. The van der Waals surface area contributed by atoms with Crippen molar-refractivity contribution in [2.75, 3.05) is 33.3 Å². The Kier molecular flexibility index (Phi) is 5.73. The molecule has 2 heterocycles. The fourth-order valence-electron chi connectivity index (χ4n) is 4.31. The van der Waals surface area contributed by atoms with Crippen LogP contribution in [0.2, 0.25) is 0 Å². The van der Waals surface area contributed by atoms with Gasteiger partial charge in [0.1, 0.15) is 23.0 Å². The van der Waals surface area contributed by atoms with Gasteiger partial charge in [-0.05, 0) is 48.9 Å². The molecule has 0 N–H and O–H groups in total. The highest BCUT2D eigenvalue weighted by Crippen LogP contribution is 2.38. The average Bonchev–Trinajstić information content (AvgIpc) is 3.01. The van der Waals surface area contributed by atoms with Gasteiger partial charge in [0.25, 0.3) is 0 Å². The molecule has 0 aromatic heterocycles. The third-order valence-electron chi connectivity index (χ3n) is 6.11. The van der Waals surface area contributed by atoms with Crippen LogP contribution in [-0.4, -0.2) is 54.8 Å². The Morgan fingerprint density at radius 3 is 2.61 bits per heavy atom. The van der Waals surface area contributed by atoms with E-state index in [1.807, 2.05) is 59.5 Å². The van der Waals surface area contributed by atoms with Gasteiger partial charge in [-0.1, -0.05) is 35.9 Å². The Labute approximate surface area is 194 Å². The predicted octanol–water partition coefficient (Wildman–Crippen LogP) is 4.57. The monoisotopic (exact) mass is 441 g/mol. The topological polar surface area (TPSA) is 54.4 Å².